The molecule has 0 saturated carbocycles. The number of carbonyl (C=O) groups is 1. The van der Waals surface area contributed by atoms with Gasteiger partial charge in [-0.05, 0) is 69.8 Å². The van der Waals surface area contributed by atoms with Gasteiger partial charge in [0.25, 0.3) is 0 Å². The van der Waals surface area contributed by atoms with Gasteiger partial charge in [-0.25, -0.2) is 4.39 Å². The SMILES string of the molecule is Cc1cc(C(=O)C[C@@H]2CCCN(C(C)C)C2)ccc1F. The van der Waals surface area contributed by atoms with E-state index in [0.29, 0.717) is 29.5 Å². The molecule has 0 amide bonds. The second-order valence-corrected chi connectivity index (χ2v) is 6.19. The number of likely N-dealkylation sites (tertiary alicyclic amines) is 1. The molecule has 3 heteroatoms. The van der Waals surface area contributed by atoms with E-state index >= 15 is 0 Å². The average Bonchev–Trinajstić information content (AvgIpc) is 2.42. The summed E-state index contributed by atoms with van der Waals surface area (Å²) in [5.41, 5.74) is 1.19. The molecule has 1 saturated heterocycles. The Kier molecular flexibility index (Phi) is 4.92. The molecule has 0 N–H and O–H groups in total. The van der Waals surface area contributed by atoms with Crippen molar-refractivity contribution in [2.45, 2.75) is 46.1 Å². The smallest absolute Gasteiger partial charge is 0.163 e. The zero-order chi connectivity index (χ0) is 14.7. The van der Waals surface area contributed by atoms with Crippen LogP contribution in [0.1, 0.15) is 49.0 Å². The third kappa shape index (κ3) is 3.66. The standard InChI is InChI=1S/C17H24FNO/c1-12(2)19-8-4-5-14(11-19)10-17(20)15-6-7-16(18)13(3)9-15/h6-7,9,12,14H,4-5,8,10-11H2,1-3H3/t14-/m0/s1. The molecule has 0 bridgehead atoms. The van der Waals surface area contributed by atoms with Crippen LogP contribution in [0.2, 0.25) is 0 Å². The first-order chi connectivity index (χ1) is 9.47. The third-order valence-corrected chi connectivity index (χ3v) is 4.23. The van der Waals surface area contributed by atoms with Crippen LogP contribution in [0.25, 0.3) is 0 Å². The number of Topliss-reactive ketones (excluding diaryl/α,β-unsaturated/α-hetero) is 1. The van der Waals surface area contributed by atoms with E-state index in [0.717, 1.165) is 19.5 Å². The van der Waals surface area contributed by atoms with Gasteiger partial charge in [0.2, 0.25) is 0 Å². The second kappa shape index (κ2) is 6.49. The van der Waals surface area contributed by atoms with Crippen molar-refractivity contribution in [1.82, 2.24) is 4.90 Å². The van der Waals surface area contributed by atoms with Crippen molar-refractivity contribution in [2.75, 3.05) is 13.1 Å². The van der Waals surface area contributed by atoms with Gasteiger partial charge < -0.3 is 4.90 Å². The number of hydrogen-bond donors (Lipinski definition) is 0. The monoisotopic (exact) mass is 277 g/mol. The maximum atomic E-state index is 13.2. The third-order valence-electron chi connectivity index (χ3n) is 4.23. The normalized spacial score (nSPS) is 20.4. The van der Waals surface area contributed by atoms with Crippen molar-refractivity contribution < 1.29 is 9.18 Å². The van der Waals surface area contributed by atoms with E-state index in [4.69, 9.17) is 0 Å². The predicted octanol–water partition coefficient (Wildman–Crippen LogP) is 3.83. The van der Waals surface area contributed by atoms with E-state index in [9.17, 15) is 9.18 Å². The highest BCUT2D eigenvalue weighted by molar-refractivity contribution is 5.96. The number of hydrogen-bond acceptors (Lipinski definition) is 2. The minimum atomic E-state index is -0.245. The van der Waals surface area contributed by atoms with Crippen molar-refractivity contribution in [1.29, 1.82) is 0 Å². The second-order valence-electron chi connectivity index (χ2n) is 6.19. The molecular weight excluding hydrogens is 253 g/mol. The lowest BCUT2D eigenvalue weighted by Crippen LogP contribution is -2.40. The lowest BCUT2D eigenvalue weighted by molar-refractivity contribution is 0.0890. The van der Waals surface area contributed by atoms with Crippen molar-refractivity contribution in [2.24, 2.45) is 5.92 Å². The Labute approximate surface area is 121 Å². The maximum Gasteiger partial charge on any atom is 0.163 e. The Hall–Kier alpha value is -1.22. The highest BCUT2D eigenvalue weighted by atomic mass is 19.1. The quantitative estimate of drug-likeness (QED) is 0.780. The number of nitrogens with zero attached hydrogens (tertiary/aromatic N) is 1. The molecule has 1 atom stereocenters. The molecule has 0 unspecified atom stereocenters. The number of aryl methyl sites for hydroxylation is 1. The Bertz CT molecular complexity index is 484. The molecule has 0 spiro atoms. The minimum absolute atomic E-state index is 0.142. The number of piperidine rings is 1. The van der Waals surface area contributed by atoms with Gasteiger partial charge >= 0.3 is 0 Å². The van der Waals surface area contributed by atoms with Gasteiger partial charge in [0.15, 0.2) is 5.78 Å². The molecule has 2 nitrogen and oxygen atoms in total. The molecule has 1 aromatic rings. The average molecular weight is 277 g/mol. The number of halogens is 1. The van der Waals surface area contributed by atoms with Gasteiger partial charge in [0.1, 0.15) is 5.82 Å². The summed E-state index contributed by atoms with van der Waals surface area (Å²) in [7, 11) is 0. The van der Waals surface area contributed by atoms with Crippen LogP contribution in [-0.4, -0.2) is 29.8 Å². The Morgan fingerprint density at radius 1 is 1.45 bits per heavy atom. The van der Waals surface area contributed by atoms with Crippen LogP contribution in [0.4, 0.5) is 4.39 Å². The van der Waals surface area contributed by atoms with Crippen molar-refractivity contribution >= 4 is 5.78 Å². The number of rotatable bonds is 4. The molecule has 1 aliphatic rings. The van der Waals surface area contributed by atoms with Crippen LogP contribution in [0, 0.1) is 18.7 Å². The number of benzene rings is 1. The van der Waals surface area contributed by atoms with Crippen LogP contribution in [0.5, 0.6) is 0 Å². The molecular formula is C17H24FNO. The molecule has 2 rings (SSSR count). The Morgan fingerprint density at radius 3 is 2.85 bits per heavy atom. The van der Waals surface area contributed by atoms with Gasteiger partial charge in [0.05, 0.1) is 0 Å². The summed E-state index contributed by atoms with van der Waals surface area (Å²) in [6.07, 6.45) is 2.86. The molecule has 1 aliphatic heterocycles. The van der Waals surface area contributed by atoms with Crippen LogP contribution < -0.4 is 0 Å². The lowest BCUT2D eigenvalue weighted by atomic mass is 9.90. The van der Waals surface area contributed by atoms with E-state index in [1.54, 1.807) is 19.1 Å². The molecule has 1 heterocycles. The molecule has 0 aliphatic carbocycles. The maximum absolute atomic E-state index is 13.2. The van der Waals surface area contributed by atoms with Gasteiger partial charge in [-0.1, -0.05) is 0 Å². The number of carbonyl (C=O) groups excluding carboxylic acids is 1. The van der Waals surface area contributed by atoms with Gasteiger partial charge in [-0.3, -0.25) is 4.79 Å². The van der Waals surface area contributed by atoms with E-state index in [1.165, 1.54) is 12.5 Å². The summed E-state index contributed by atoms with van der Waals surface area (Å²) >= 11 is 0. The summed E-state index contributed by atoms with van der Waals surface area (Å²) in [5.74, 6) is 0.331. The summed E-state index contributed by atoms with van der Waals surface area (Å²) < 4.78 is 13.2. The zero-order valence-corrected chi connectivity index (χ0v) is 12.7. The molecule has 1 fully saturated rings. The first kappa shape index (κ1) is 15.2. The first-order valence-electron chi connectivity index (χ1n) is 7.50. The highest BCUT2D eigenvalue weighted by Crippen LogP contribution is 2.23. The van der Waals surface area contributed by atoms with Crippen LogP contribution in [0.15, 0.2) is 18.2 Å². The fourth-order valence-corrected chi connectivity index (χ4v) is 2.93. The fourth-order valence-electron chi connectivity index (χ4n) is 2.93. The van der Waals surface area contributed by atoms with Gasteiger partial charge in [-0.15, -0.1) is 0 Å². The van der Waals surface area contributed by atoms with E-state index in [-0.39, 0.29) is 11.6 Å². The minimum Gasteiger partial charge on any atom is -0.301 e. The molecule has 0 aromatic heterocycles. The number of ketones is 1. The lowest BCUT2D eigenvalue weighted by Gasteiger charge is -2.35. The van der Waals surface area contributed by atoms with Crippen molar-refractivity contribution in [3.8, 4) is 0 Å². The topological polar surface area (TPSA) is 20.3 Å². The zero-order valence-electron chi connectivity index (χ0n) is 12.7. The summed E-state index contributed by atoms with van der Waals surface area (Å²) in [6, 6.07) is 5.21. The molecule has 110 valence electrons. The van der Waals surface area contributed by atoms with Gasteiger partial charge in [0, 0.05) is 24.6 Å². The molecule has 20 heavy (non-hydrogen) atoms. The largest absolute Gasteiger partial charge is 0.301 e. The summed E-state index contributed by atoms with van der Waals surface area (Å²) in [4.78, 5) is 14.8. The van der Waals surface area contributed by atoms with Crippen LogP contribution >= 0.6 is 0 Å². The highest BCUT2D eigenvalue weighted by Gasteiger charge is 2.24. The predicted molar refractivity (Wildman–Crippen MR) is 79.5 cm³/mol. The molecule has 0 radical (unpaired) electrons. The van der Waals surface area contributed by atoms with Crippen molar-refractivity contribution in [3.63, 3.8) is 0 Å². The first-order valence-corrected chi connectivity index (χ1v) is 7.50. The summed E-state index contributed by atoms with van der Waals surface area (Å²) in [6.45, 7) is 8.25. The van der Waals surface area contributed by atoms with Crippen LogP contribution in [0.3, 0.4) is 0 Å². The van der Waals surface area contributed by atoms with E-state index < -0.39 is 0 Å². The van der Waals surface area contributed by atoms with Crippen LogP contribution in [-0.2, 0) is 0 Å². The van der Waals surface area contributed by atoms with Crippen molar-refractivity contribution in [3.05, 3.63) is 35.1 Å². The molecule has 1 aromatic carbocycles. The van der Waals surface area contributed by atoms with E-state index in [1.807, 2.05) is 0 Å². The van der Waals surface area contributed by atoms with E-state index in [2.05, 4.69) is 18.7 Å². The summed E-state index contributed by atoms with van der Waals surface area (Å²) in [5, 5.41) is 0. The fraction of sp³-hybridized carbons (Fsp3) is 0.588. The Balaban J connectivity index is 1.98. The Morgan fingerprint density at radius 2 is 2.20 bits per heavy atom. The van der Waals surface area contributed by atoms with Gasteiger partial charge in [-0.2, -0.15) is 0 Å².